The number of ketones is 1. The van der Waals surface area contributed by atoms with E-state index in [0.717, 1.165) is 57.4 Å². The number of amides is 2. The molecule has 0 radical (unpaired) electrons. The van der Waals surface area contributed by atoms with Crippen LogP contribution >= 0.6 is 11.3 Å². The van der Waals surface area contributed by atoms with Gasteiger partial charge < -0.3 is 30.1 Å². The van der Waals surface area contributed by atoms with Gasteiger partial charge in [0.25, 0.3) is 11.6 Å². The lowest BCUT2D eigenvalue weighted by molar-refractivity contribution is -0.135. The highest BCUT2D eigenvalue weighted by Crippen LogP contribution is 2.38. The minimum atomic E-state index is -0.497. The Balaban J connectivity index is 0.000000189. The average Bonchev–Trinajstić information content (AvgIpc) is 3.54. The smallest absolute Gasteiger partial charge is 0.296 e. The predicted octanol–water partition coefficient (Wildman–Crippen LogP) is 7.70. The number of nitrogens with zero attached hydrogens (tertiary/aromatic N) is 3. The molecule has 0 bridgehead atoms. The second-order valence-corrected chi connectivity index (χ2v) is 15.6. The molecule has 54 heavy (non-hydrogen) atoms. The molecular formula is C41H54N6O6S. The number of Topliss-reactive ketones (excluding diaryl/α,β-unsaturated/α-hetero) is 1. The minimum Gasteiger partial charge on any atom is -0.496 e. The molecule has 1 saturated carbocycles. The molecule has 0 unspecified atom stereocenters. The molecule has 2 fully saturated rings. The van der Waals surface area contributed by atoms with Gasteiger partial charge in [-0.05, 0) is 92.1 Å². The quantitative estimate of drug-likeness (QED) is 0.143. The van der Waals surface area contributed by atoms with E-state index in [9.17, 15) is 19.2 Å². The first-order chi connectivity index (χ1) is 25.6. The Bertz CT molecular complexity index is 2080. The number of pyridine rings is 1. The number of aromatic nitrogens is 3. The molecule has 3 aromatic heterocycles. The summed E-state index contributed by atoms with van der Waals surface area (Å²) in [6, 6.07) is 12.7. The van der Waals surface area contributed by atoms with Gasteiger partial charge in [-0.2, -0.15) is 4.98 Å². The molecule has 2 aliphatic rings. The number of nitrogens with two attached hydrogens (primary N) is 1. The molecule has 290 valence electrons. The topological polar surface area (TPSA) is 174 Å². The summed E-state index contributed by atoms with van der Waals surface area (Å²) in [4.78, 5) is 59.5. The molecule has 0 spiro atoms. The normalized spacial score (nSPS) is 17.2. The summed E-state index contributed by atoms with van der Waals surface area (Å²) in [7, 11) is 1.64. The molecule has 5 aromatic rings. The third-order valence-electron chi connectivity index (χ3n) is 9.03. The van der Waals surface area contributed by atoms with E-state index in [4.69, 9.17) is 14.9 Å². The van der Waals surface area contributed by atoms with E-state index in [1.165, 1.54) is 4.90 Å². The lowest BCUT2D eigenvalue weighted by Crippen LogP contribution is -2.45. The number of para-hydroxylation sites is 2. The van der Waals surface area contributed by atoms with Gasteiger partial charge in [0.05, 0.1) is 25.0 Å². The van der Waals surface area contributed by atoms with Crippen molar-refractivity contribution in [2.24, 2.45) is 23.5 Å². The van der Waals surface area contributed by atoms with Gasteiger partial charge >= 0.3 is 0 Å². The molecule has 2 aromatic carbocycles. The molecule has 2 amide bonds. The van der Waals surface area contributed by atoms with Crippen LogP contribution in [-0.2, 0) is 14.4 Å². The second kappa shape index (κ2) is 18.8. The van der Waals surface area contributed by atoms with Crippen LogP contribution in [0.4, 0.5) is 6.01 Å². The van der Waals surface area contributed by atoms with E-state index in [2.05, 4.69) is 61.8 Å². The first-order valence-electron chi connectivity index (χ1n) is 18.5. The summed E-state index contributed by atoms with van der Waals surface area (Å²) < 4.78 is 10.8. The van der Waals surface area contributed by atoms with Gasteiger partial charge in [0, 0.05) is 23.2 Å². The number of primary amides is 1. The highest BCUT2D eigenvalue weighted by atomic mass is 32.1. The molecule has 13 heteroatoms. The van der Waals surface area contributed by atoms with Crippen LogP contribution in [0.5, 0.6) is 5.75 Å². The lowest BCUT2D eigenvalue weighted by Gasteiger charge is -2.21. The van der Waals surface area contributed by atoms with Crippen molar-refractivity contribution >= 4 is 56.8 Å². The number of methoxy groups -OCH3 is 1. The largest absolute Gasteiger partial charge is 0.496 e. The number of carbonyl (C=O) groups excluding carboxylic acids is 3. The van der Waals surface area contributed by atoms with Crippen molar-refractivity contribution in [1.82, 2.24) is 19.9 Å². The fourth-order valence-corrected chi connectivity index (χ4v) is 6.88. The number of nitrogens with one attached hydrogen (secondary N) is 2. The van der Waals surface area contributed by atoms with Crippen molar-refractivity contribution in [1.29, 1.82) is 0 Å². The van der Waals surface area contributed by atoms with E-state index < -0.39 is 11.9 Å². The number of ether oxygens (including phenoxy) is 1. The summed E-state index contributed by atoms with van der Waals surface area (Å²) in [5.41, 5.74) is 9.35. The van der Waals surface area contributed by atoms with Crippen LogP contribution in [-0.4, -0.2) is 63.7 Å². The molecule has 1 aliphatic heterocycles. The van der Waals surface area contributed by atoms with Gasteiger partial charge in [0.15, 0.2) is 5.58 Å². The number of fused-ring (bicyclic) bond motifs is 2. The monoisotopic (exact) mass is 758 g/mol. The Kier molecular flexibility index (Phi) is 14.5. The summed E-state index contributed by atoms with van der Waals surface area (Å²) >= 11 is 1.55. The van der Waals surface area contributed by atoms with Crippen molar-refractivity contribution in [2.75, 3.05) is 25.5 Å². The van der Waals surface area contributed by atoms with Crippen LogP contribution in [0.2, 0.25) is 0 Å². The Morgan fingerprint density at radius 1 is 1.09 bits per heavy atom. The van der Waals surface area contributed by atoms with Gasteiger partial charge in [-0.1, -0.05) is 53.7 Å². The third-order valence-corrected chi connectivity index (χ3v) is 9.92. The zero-order valence-corrected chi connectivity index (χ0v) is 33.6. The van der Waals surface area contributed by atoms with Crippen LogP contribution < -0.4 is 21.3 Å². The minimum absolute atomic E-state index is 0.0244. The summed E-state index contributed by atoms with van der Waals surface area (Å²) in [5.74, 6) is 2.84. The number of hydrogen-bond donors (Lipinski definition) is 3. The van der Waals surface area contributed by atoms with E-state index in [1.54, 1.807) is 37.5 Å². The van der Waals surface area contributed by atoms with Crippen molar-refractivity contribution in [3.8, 4) is 16.5 Å². The van der Waals surface area contributed by atoms with Crippen molar-refractivity contribution < 1.29 is 23.5 Å². The Labute approximate surface area is 320 Å². The van der Waals surface area contributed by atoms with Gasteiger partial charge in [0.1, 0.15) is 28.1 Å². The van der Waals surface area contributed by atoms with Gasteiger partial charge in [0.2, 0.25) is 11.8 Å². The standard InChI is InChI=1S/C17H18N2O2S.C14H16N4O3.C6H10O.C4H10/c1-9(2)14-8-22-17(19-14)13-7-12-10(3)15(21-4)6-5-11(12)16(20)18-13;15-13(20)10-5-3-7-18(10)12(19)8-16-14-17-9-4-1-2-6-11(9)21-14;1-4-3-6(4)5(2)7;1-4(2)3/h5-9H,1-4H3,(H,18,20);1-2,4,6,10H,3,5,7-8H2,(H2,15,20)(H,16,17);4,6H,3H2,1-2H3;4H,1-3H3/t;10-;4-,6+;/m.01./s1. The first-order valence-corrected chi connectivity index (χ1v) is 19.3. The van der Waals surface area contributed by atoms with Crippen LogP contribution in [0.25, 0.3) is 32.6 Å². The fraction of sp³-hybridized carbons (Fsp3) is 0.463. The number of H-pyrrole nitrogens is 1. The number of hydrogen-bond acceptors (Lipinski definition) is 10. The van der Waals surface area contributed by atoms with Gasteiger partial charge in [-0.25, -0.2) is 4.98 Å². The number of aryl methyl sites for hydroxylation is 1. The summed E-state index contributed by atoms with van der Waals surface area (Å²) in [5, 5.41) is 7.30. The molecule has 12 nitrogen and oxygen atoms in total. The van der Waals surface area contributed by atoms with Crippen LogP contribution in [0.1, 0.15) is 84.9 Å². The maximum atomic E-state index is 12.3. The van der Waals surface area contributed by atoms with Gasteiger partial charge in [-0.15, -0.1) is 11.3 Å². The number of oxazole rings is 1. The molecule has 1 aliphatic carbocycles. The zero-order chi connectivity index (χ0) is 39.7. The van der Waals surface area contributed by atoms with Crippen molar-refractivity contribution in [3.05, 3.63) is 69.5 Å². The fourth-order valence-electron chi connectivity index (χ4n) is 5.92. The number of anilines is 1. The molecule has 1 saturated heterocycles. The number of carbonyl (C=O) groups is 3. The maximum Gasteiger partial charge on any atom is 0.296 e. The van der Waals surface area contributed by atoms with Crippen molar-refractivity contribution in [2.45, 2.75) is 86.6 Å². The molecule has 7 rings (SSSR count). The first kappa shape index (κ1) is 41.7. The number of thiazole rings is 1. The van der Waals surface area contributed by atoms with E-state index in [0.29, 0.717) is 53.5 Å². The van der Waals surface area contributed by atoms with Crippen molar-refractivity contribution in [3.63, 3.8) is 0 Å². The number of likely N-dealkylation sites (tertiary alicyclic amines) is 1. The number of benzene rings is 2. The predicted molar refractivity (Wildman–Crippen MR) is 216 cm³/mol. The number of rotatable bonds is 8. The molecule has 4 N–H and O–H groups in total. The Morgan fingerprint density at radius 2 is 1.78 bits per heavy atom. The molecule has 3 atom stereocenters. The van der Waals surface area contributed by atoms with Crippen LogP contribution in [0.15, 0.2) is 57.1 Å². The van der Waals surface area contributed by atoms with E-state index in [1.807, 2.05) is 42.6 Å². The highest BCUT2D eigenvalue weighted by molar-refractivity contribution is 7.13. The Morgan fingerprint density at radius 3 is 2.33 bits per heavy atom. The van der Waals surface area contributed by atoms with Gasteiger partial charge in [-0.3, -0.25) is 19.2 Å². The third kappa shape index (κ3) is 11.0. The average molecular weight is 759 g/mol. The zero-order valence-electron chi connectivity index (χ0n) is 32.8. The highest BCUT2D eigenvalue weighted by Gasteiger charge is 2.36. The number of aromatic amines is 1. The summed E-state index contributed by atoms with van der Waals surface area (Å²) in [6.07, 6.45) is 2.56. The molecule has 4 heterocycles. The van der Waals surface area contributed by atoms with Crippen LogP contribution in [0, 0.1) is 24.7 Å². The second-order valence-electron chi connectivity index (χ2n) is 14.7. The maximum absolute atomic E-state index is 12.3. The van der Waals surface area contributed by atoms with E-state index in [-0.39, 0.29) is 18.0 Å². The van der Waals surface area contributed by atoms with Crippen LogP contribution in [0.3, 0.4) is 0 Å². The summed E-state index contributed by atoms with van der Waals surface area (Å²) in [6.45, 7) is 17.1. The SMILES string of the molecule is CC(=O)[C@H]1C[C@H]1C.CC(C)C.COc1ccc2c(=O)[nH]c(-c3nc(C(C)C)cs3)cc2c1C.NC(=O)[C@@H]1CCCN1C(=O)CNc1nc2ccccc2o1. The molecular weight excluding hydrogens is 705 g/mol. The lowest BCUT2D eigenvalue weighted by atomic mass is 10.1. The van der Waals surface area contributed by atoms with E-state index >= 15 is 0 Å². The Hall–Kier alpha value is -5.04.